The Labute approximate surface area is 157 Å². The fourth-order valence-electron chi connectivity index (χ4n) is 3.16. The van der Waals surface area contributed by atoms with Gasteiger partial charge in [0.05, 0.1) is 22.6 Å². The summed E-state index contributed by atoms with van der Waals surface area (Å²) in [5.41, 5.74) is 1.95. The highest BCUT2D eigenvalue weighted by atomic mass is 32.1. The van der Waals surface area contributed by atoms with Crippen molar-refractivity contribution in [2.75, 3.05) is 18.0 Å². The van der Waals surface area contributed by atoms with E-state index in [-0.39, 0.29) is 17.4 Å². The number of rotatable bonds is 3. The molecule has 1 fully saturated rings. The zero-order chi connectivity index (χ0) is 18.4. The van der Waals surface area contributed by atoms with Crippen molar-refractivity contribution in [3.05, 3.63) is 71.0 Å². The molecule has 0 spiro atoms. The molecule has 27 heavy (non-hydrogen) atoms. The first-order valence-electron chi connectivity index (χ1n) is 8.49. The van der Waals surface area contributed by atoms with Crippen LogP contribution < -0.4 is 10.5 Å². The van der Waals surface area contributed by atoms with Crippen molar-refractivity contribution in [2.24, 2.45) is 0 Å². The minimum absolute atomic E-state index is 0.0313. The predicted octanol–water partition coefficient (Wildman–Crippen LogP) is 3.12. The quantitative estimate of drug-likeness (QED) is 0.547. The van der Waals surface area contributed by atoms with Crippen LogP contribution in [0.1, 0.15) is 6.04 Å². The van der Waals surface area contributed by atoms with Gasteiger partial charge in [0.1, 0.15) is 11.3 Å². The van der Waals surface area contributed by atoms with Gasteiger partial charge in [0, 0.05) is 30.9 Å². The van der Waals surface area contributed by atoms with Gasteiger partial charge in [0.2, 0.25) is 0 Å². The Bertz CT molecular complexity index is 1160. The molecule has 0 atom stereocenters. The summed E-state index contributed by atoms with van der Waals surface area (Å²) in [6.45, 7) is 1.32. The summed E-state index contributed by atoms with van der Waals surface area (Å²) < 4.78 is 16.1. The summed E-state index contributed by atoms with van der Waals surface area (Å²) in [7, 11) is 0. The number of halogens is 1. The molecule has 1 aromatic carbocycles. The Kier molecular flexibility index (Phi) is 3.71. The van der Waals surface area contributed by atoms with Crippen molar-refractivity contribution in [2.45, 2.75) is 6.04 Å². The maximum Gasteiger partial charge on any atom is 0.267 e. The van der Waals surface area contributed by atoms with E-state index in [1.165, 1.54) is 22.9 Å². The number of fused-ring (bicyclic) bond motifs is 1. The smallest absolute Gasteiger partial charge is 0.267 e. The number of anilines is 1. The van der Waals surface area contributed by atoms with Gasteiger partial charge in [-0.15, -0.1) is 0 Å². The molecule has 0 aliphatic carbocycles. The van der Waals surface area contributed by atoms with Gasteiger partial charge in [-0.05, 0) is 24.3 Å². The molecular weight excluding hydrogens is 365 g/mol. The molecule has 0 amide bonds. The van der Waals surface area contributed by atoms with Crippen LogP contribution in [0.15, 0.2) is 59.7 Å². The van der Waals surface area contributed by atoms with Crippen LogP contribution in [0.25, 0.3) is 21.5 Å². The molecule has 3 aromatic heterocycles. The maximum atomic E-state index is 13.5. The number of hydrogen-bond acceptors (Lipinski definition) is 6. The first-order chi connectivity index (χ1) is 13.2. The molecule has 8 heteroatoms. The van der Waals surface area contributed by atoms with Gasteiger partial charge in [-0.3, -0.25) is 9.78 Å². The molecule has 0 saturated carbocycles. The summed E-state index contributed by atoms with van der Waals surface area (Å²) in [5.74, 6) is -0.327. The molecule has 0 N–H and O–H groups in total. The maximum absolute atomic E-state index is 13.5. The largest absolute Gasteiger partial charge is 0.344 e. The first kappa shape index (κ1) is 16.1. The molecule has 4 aromatic rings. The van der Waals surface area contributed by atoms with Gasteiger partial charge < -0.3 is 4.90 Å². The summed E-state index contributed by atoms with van der Waals surface area (Å²) in [4.78, 5) is 23.1. The lowest BCUT2D eigenvalue weighted by Crippen LogP contribution is -2.51. The fraction of sp³-hybridized carbons (Fsp3) is 0.158. The number of benzene rings is 1. The van der Waals surface area contributed by atoms with Crippen LogP contribution in [0, 0.1) is 5.82 Å². The van der Waals surface area contributed by atoms with Crippen LogP contribution in [-0.2, 0) is 0 Å². The Morgan fingerprint density at radius 3 is 2.85 bits per heavy atom. The summed E-state index contributed by atoms with van der Waals surface area (Å²) >= 11 is 1.61. The average molecular weight is 379 g/mol. The van der Waals surface area contributed by atoms with E-state index in [4.69, 9.17) is 0 Å². The van der Waals surface area contributed by atoms with E-state index in [1.807, 2.05) is 6.07 Å². The van der Waals surface area contributed by atoms with Gasteiger partial charge in [0.15, 0.2) is 5.13 Å². The molecule has 134 valence electrons. The number of thiazole rings is 1. The van der Waals surface area contributed by atoms with Gasteiger partial charge in [-0.25, -0.2) is 14.1 Å². The van der Waals surface area contributed by atoms with Crippen molar-refractivity contribution in [1.29, 1.82) is 0 Å². The van der Waals surface area contributed by atoms with Gasteiger partial charge in [-0.2, -0.15) is 5.10 Å². The minimum Gasteiger partial charge on any atom is -0.344 e. The lowest BCUT2D eigenvalue weighted by atomic mass is 10.1. The Hall–Kier alpha value is -3.13. The highest BCUT2D eigenvalue weighted by molar-refractivity contribution is 7.22. The van der Waals surface area contributed by atoms with Gasteiger partial charge >= 0.3 is 0 Å². The fourth-order valence-corrected chi connectivity index (χ4v) is 4.11. The highest BCUT2D eigenvalue weighted by Crippen LogP contribution is 2.33. The second-order valence-electron chi connectivity index (χ2n) is 6.41. The molecule has 5 rings (SSSR count). The number of nitrogens with zero attached hydrogens (tertiary/aromatic N) is 5. The first-order valence-corrected chi connectivity index (χ1v) is 9.30. The van der Waals surface area contributed by atoms with Crippen molar-refractivity contribution in [1.82, 2.24) is 19.7 Å². The van der Waals surface area contributed by atoms with Crippen LogP contribution in [0.3, 0.4) is 0 Å². The van der Waals surface area contributed by atoms with Crippen LogP contribution in [0.2, 0.25) is 0 Å². The van der Waals surface area contributed by atoms with Gasteiger partial charge in [-0.1, -0.05) is 23.5 Å². The molecule has 0 radical (unpaired) electrons. The van der Waals surface area contributed by atoms with Crippen LogP contribution >= 0.6 is 11.3 Å². The Morgan fingerprint density at radius 2 is 2.04 bits per heavy atom. The van der Waals surface area contributed by atoms with E-state index in [0.717, 1.165) is 15.3 Å². The predicted molar refractivity (Wildman–Crippen MR) is 103 cm³/mol. The number of hydrogen-bond donors (Lipinski definition) is 0. The highest BCUT2D eigenvalue weighted by Gasteiger charge is 2.32. The third-order valence-corrected chi connectivity index (χ3v) is 5.70. The van der Waals surface area contributed by atoms with Gasteiger partial charge in [0.25, 0.3) is 5.56 Å². The second-order valence-corrected chi connectivity index (χ2v) is 7.42. The average Bonchev–Trinajstić information content (AvgIpc) is 3.05. The Balaban J connectivity index is 1.40. The normalized spacial score (nSPS) is 14.5. The molecule has 4 heterocycles. The zero-order valence-corrected chi connectivity index (χ0v) is 14.9. The van der Waals surface area contributed by atoms with E-state index in [9.17, 15) is 9.18 Å². The van der Waals surface area contributed by atoms with Crippen molar-refractivity contribution in [3.8, 4) is 11.3 Å². The minimum atomic E-state index is -0.327. The zero-order valence-electron chi connectivity index (χ0n) is 14.1. The molecule has 1 aliphatic heterocycles. The summed E-state index contributed by atoms with van der Waals surface area (Å²) in [5, 5.41) is 5.38. The van der Waals surface area contributed by atoms with Crippen molar-refractivity contribution in [3.63, 3.8) is 0 Å². The van der Waals surface area contributed by atoms with Crippen LogP contribution in [0.5, 0.6) is 0 Å². The molecular formula is C19H14FN5OS. The molecule has 6 nitrogen and oxygen atoms in total. The molecule has 1 aliphatic rings. The standard InChI is InChI=1S/C19H14FN5OS/c20-13-3-1-2-12(8-13)15-4-5-18(26)25(23-15)14-10-24(11-14)19-22-16-9-21-7-6-17(16)27-19/h1-9,14H,10-11H2. The molecule has 0 bridgehead atoms. The Morgan fingerprint density at radius 1 is 1.15 bits per heavy atom. The van der Waals surface area contributed by atoms with E-state index in [0.29, 0.717) is 24.3 Å². The third-order valence-electron chi connectivity index (χ3n) is 4.60. The number of pyridine rings is 1. The summed E-state index contributed by atoms with van der Waals surface area (Å²) in [6, 6.07) is 11.2. The lowest BCUT2D eigenvalue weighted by Gasteiger charge is -2.39. The summed E-state index contributed by atoms with van der Waals surface area (Å²) in [6.07, 6.45) is 3.51. The van der Waals surface area contributed by atoms with E-state index >= 15 is 0 Å². The monoisotopic (exact) mass is 379 g/mol. The topological polar surface area (TPSA) is 63.9 Å². The number of aromatic nitrogens is 4. The van der Waals surface area contributed by atoms with E-state index in [2.05, 4.69) is 20.0 Å². The van der Waals surface area contributed by atoms with E-state index in [1.54, 1.807) is 41.9 Å². The van der Waals surface area contributed by atoms with Crippen LogP contribution in [0.4, 0.5) is 9.52 Å². The van der Waals surface area contributed by atoms with E-state index < -0.39 is 0 Å². The van der Waals surface area contributed by atoms with Crippen molar-refractivity contribution >= 4 is 26.7 Å². The lowest BCUT2D eigenvalue weighted by molar-refractivity contribution is 0.354. The van der Waals surface area contributed by atoms with Crippen LogP contribution in [-0.4, -0.2) is 32.8 Å². The second kappa shape index (κ2) is 6.24. The van der Waals surface area contributed by atoms with Crippen molar-refractivity contribution < 1.29 is 4.39 Å². The molecule has 1 saturated heterocycles. The SMILES string of the molecule is O=c1ccc(-c2cccc(F)c2)nn1C1CN(c2nc3cnccc3s2)C1. The third kappa shape index (κ3) is 2.87. The molecule has 0 unspecified atom stereocenters.